The predicted octanol–water partition coefficient (Wildman–Crippen LogP) is 3.02. The van der Waals surface area contributed by atoms with Crippen LogP contribution < -0.4 is 0 Å². The van der Waals surface area contributed by atoms with Crippen LogP contribution in [-0.2, 0) is 16.0 Å². The minimum Gasteiger partial charge on any atom is -0.348 e. The summed E-state index contributed by atoms with van der Waals surface area (Å²) in [6.07, 6.45) is 5.63. The number of halogens is 1. The van der Waals surface area contributed by atoms with Crippen molar-refractivity contribution >= 4 is 22.6 Å². The third-order valence-corrected chi connectivity index (χ3v) is 3.77. The van der Waals surface area contributed by atoms with Crippen LogP contribution in [0.2, 0.25) is 5.15 Å². The van der Waals surface area contributed by atoms with Crippen molar-refractivity contribution in [2.75, 3.05) is 6.61 Å². The number of aromatic nitrogens is 3. The van der Waals surface area contributed by atoms with Crippen molar-refractivity contribution in [3.8, 4) is 0 Å². The molecular formula is C14H18ClN3O2. The zero-order valence-corrected chi connectivity index (χ0v) is 12.4. The number of hydrogen-bond acceptors (Lipinski definition) is 4. The van der Waals surface area contributed by atoms with Gasteiger partial charge in [0.25, 0.3) is 0 Å². The number of nitrogens with zero attached hydrogens (tertiary/aromatic N) is 3. The van der Waals surface area contributed by atoms with E-state index >= 15 is 0 Å². The molecule has 0 amide bonds. The topological polar surface area (TPSA) is 49.2 Å². The molecule has 0 bridgehead atoms. The Morgan fingerprint density at radius 2 is 2.30 bits per heavy atom. The Morgan fingerprint density at radius 3 is 3.05 bits per heavy atom. The van der Waals surface area contributed by atoms with Crippen LogP contribution in [0, 0.1) is 0 Å². The van der Waals surface area contributed by atoms with E-state index in [1.165, 1.54) is 6.33 Å². The first kappa shape index (κ1) is 13.8. The van der Waals surface area contributed by atoms with Gasteiger partial charge in [0.15, 0.2) is 10.9 Å². The van der Waals surface area contributed by atoms with Crippen LogP contribution in [0.15, 0.2) is 18.6 Å². The molecular weight excluding hydrogens is 278 g/mol. The van der Waals surface area contributed by atoms with Crippen molar-refractivity contribution in [3.05, 3.63) is 23.7 Å². The smallest absolute Gasteiger partial charge is 0.163 e. The molecule has 5 nitrogen and oxygen atoms in total. The highest BCUT2D eigenvalue weighted by atomic mass is 35.5. The van der Waals surface area contributed by atoms with Gasteiger partial charge in [0, 0.05) is 12.7 Å². The second-order valence-electron chi connectivity index (χ2n) is 5.50. The van der Waals surface area contributed by atoms with E-state index in [1.807, 2.05) is 26.1 Å². The summed E-state index contributed by atoms with van der Waals surface area (Å²) in [4.78, 5) is 8.24. The van der Waals surface area contributed by atoms with E-state index in [0.717, 1.165) is 30.4 Å². The number of fused-ring (bicyclic) bond motifs is 1. The van der Waals surface area contributed by atoms with E-state index in [0.29, 0.717) is 11.8 Å². The minimum absolute atomic E-state index is 0.179. The number of ether oxygens (including phenoxy) is 2. The number of hydrogen-bond donors (Lipinski definition) is 0. The van der Waals surface area contributed by atoms with Crippen LogP contribution in [0.5, 0.6) is 0 Å². The maximum atomic E-state index is 6.13. The molecule has 1 aliphatic heterocycles. The van der Waals surface area contributed by atoms with Crippen LogP contribution in [0.3, 0.4) is 0 Å². The van der Waals surface area contributed by atoms with E-state index in [2.05, 4.69) is 14.5 Å². The van der Waals surface area contributed by atoms with Gasteiger partial charge in [-0.3, -0.25) is 0 Å². The molecule has 108 valence electrons. The van der Waals surface area contributed by atoms with Gasteiger partial charge >= 0.3 is 0 Å². The molecule has 1 unspecified atom stereocenters. The van der Waals surface area contributed by atoms with E-state index in [9.17, 15) is 0 Å². The third kappa shape index (κ3) is 2.80. The van der Waals surface area contributed by atoms with Gasteiger partial charge in [0.05, 0.1) is 18.2 Å². The summed E-state index contributed by atoms with van der Waals surface area (Å²) in [6, 6.07) is 1.96. The molecule has 0 spiro atoms. The van der Waals surface area contributed by atoms with Gasteiger partial charge < -0.3 is 14.0 Å². The Balaban J connectivity index is 1.61. The summed E-state index contributed by atoms with van der Waals surface area (Å²) in [5.41, 5.74) is 1.78. The van der Waals surface area contributed by atoms with Crippen LogP contribution in [0.4, 0.5) is 0 Å². The largest absolute Gasteiger partial charge is 0.348 e. The zero-order valence-electron chi connectivity index (χ0n) is 11.7. The average Bonchev–Trinajstić information content (AvgIpc) is 2.95. The van der Waals surface area contributed by atoms with Crippen LogP contribution in [0.25, 0.3) is 11.0 Å². The lowest BCUT2D eigenvalue weighted by molar-refractivity contribution is -0.139. The summed E-state index contributed by atoms with van der Waals surface area (Å²) in [7, 11) is 0. The Bertz CT molecular complexity index is 611. The zero-order chi connectivity index (χ0) is 14.2. The first-order valence-electron chi connectivity index (χ1n) is 6.82. The number of rotatable bonds is 4. The van der Waals surface area contributed by atoms with Gasteiger partial charge in [-0.25, -0.2) is 9.97 Å². The molecule has 1 saturated heterocycles. The normalized spacial score (nSPS) is 21.6. The molecule has 0 N–H and O–H groups in total. The molecule has 1 fully saturated rings. The highest BCUT2D eigenvalue weighted by Gasteiger charge is 2.32. The Morgan fingerprint density at radius 1 is 1.45 bits per heavy atom. The fraction of sp³-hybridized carbons (Fsp3) is 0.571. The van der Waals surface area contributed by atoms with Gasteiger partial charge in [-0.15, -0.1) is 0 Å². The molecule has 0 aromatic carbocycles. The van der Waals surface area contributed by atoms with E-state index in [-0.39, 0.29) is 6.10 Å². The standard InChI is InChI=1S/C14H18ClN3O2/c1-14(2)19-8-10(20-14)4-3-6-18-7-5-11-12(18)13(15)17-9-16-11/h5,7,9-10H,3-4,6,8H2,1-2H3. The lowest BCUT2D eigenvalue weighted by Gasteiger charge is -2.17. The average molecular weight is 296 g/mol. The van der Waals surface area contributed by atoms with Gasteiger partial charge in [0.1, 0.15) is 11.8 Å². The second kappa shape index (κ2) is 5.31. The van der Waals surface area contributed by atoms with Crippen molar-refractivity contribution in [1.29, 1.82) is 0 Å². The number of aryl methyl sites for hydroxylation is 1. The van der Waals surface area contributed by atoms with Crippen molar-refractivity contribution in [1.82, 2.24) is 14.5 Å². The summed E-state index contributed by atoms with van der Waals surface area (Å²) in [5.74, 6) is -0.442. The SMILES string of the molecule is CC1(C)OCC(CCCn2ccc3ncnc(Cl)c32)O1. The quantitative estimate of drug-likeness (QED) is 0.814. The van der Waals surface area contributed by atoms with E-state index in [1.54, 1.807) is 0 Å². The summed E-state index contributed by atoms with van der Waals surface area (Å²) < 4.78 is 13.5. The van der Waals surface area contributed by atoms with Crippen LogP contribution in [-0.4, -0.2) is 33.0 Å². The van der Waals surface area contributed by atoms with Crippen LogP contribution >= 0.6 is 11.6 Å². The second-order valence-corrected chi connectivity index (χ2v) is 5.86. The molecule has 20 heavy (non-hydrogen) atoms. The van der Waals surface area contributed by atoms with Crippen molar-refractivity contribution in [2.45, 2.75) is 45.1 Å². The highest BCUT2D eigenvalue weighted by molar-refractivity contribution is 6.33. The Kier molecular flexibility index (Phi) is 3.67. The molecule has 1 atom stereocenters. The fourth-order valence-corrected chi connectivity index (χ4v) is 2.82. The summed E-state index contributed by atoms with van der Waals surface area (Å²) >= 11 is 6.13. The molecule has 6 heteroatoms. The minimum atomic E-state index is -0.442. The maximum Gasteiger partial charge on any atom is 0.163 e. The maximum absolute atomic E-state index is 6.13. The molecule has 0 aliphatic carbocycles. The lowest BCUT2D eigenvalue weighted by atomic mass is 10.2. The van der Waals surface area contributed by atoms with E-state index in [4.69, 9.17) is 21.1 Å². The molecule has 2 aromatic heterocycles. The third-order valence-electron chi connectivity index (χ3n) is 3.50. The first-order valence-corrected chi connectivity index (χ1v) is 7.20. The van der Waals surface area contributed by atoms with Gasteiger partial charge in [-0.05, 0) is 32.8 Å². The molecule has 3 rings (SSSR count). The van der Waals surface area contributed by atoms with Crippen molar-refractivity contribution < 1.29 is 9.47 Å². The van der Waals surface area contributed by atoms with Gasteiger partial charge in [-0.2, -0.15) is 0 Å². The monoisotopic (exact) mass is 295 g/mol. The summed E-state index contributed by atoms with van der Waals surface area (Å²) in [5, 5.41) is 0.501. The van der Waals surface area contributed by atoms with Gasteiger partial charge in [0.2, 0.25) is 0 Å². The highest BCUT2D eigenvalue weighted by Crippen LogP contribution is 2.26. The fourth-order valence-electron chi connectivity index (χ4n) is 2.57. The Labute approximate surface area is 122 Å². The molecule has 2 aromatic rings. The van der Waals surface area contributed by atoms with Crippen LogP contribution in [0.1, 0.15) is 26.7 Å². The molecule has 1 aliphatic rings. The molecule has 0 radical (unpaired) electrons. The Hall–Kier alpha value is -1.17. The first-order chi connectivity index (χ1) is 9.55. The van der Waals surface area contributed by atoms with Crippen molar-refractivity contribution in [2.24, 2.45) is 0 Å². The van der Waals surface area contributed by atoms with E-state index < -0.39 is 5.79 Å². The lowest BCUT2D eigenvalue weighted by Crippen LogP contribution is -2.21. The summed E-state index contributed by atoms with van der Waals surface area (Å²) in [6.45, 7) is 5.44. The molecule has 3 heterocycles. The van der Waals surface area contributed by atoms with Crippen molar-refractivity contribution in [3.63, 3.8) is 0 Å². The predicted molar refractivity (Wildman–Crippen MR) is 76.7 cm³/mol. The molecule has 0 saturated carbocycles. The van der Waals surface area contributed by atoms with Gasteiger partial charge in [-0.1, -0.05) is 11.6 Å².